The molecule has 0 saturated carbocycles. The third-order valence-corrected chi connectivity index (χ3v) is 4.05. The number of carbonyl (C=O) groups excluding carboxylic acids is 1. The van der Waals surface area contributed by atoms with Crippen LogP contribution in [0.1, 0.15) is 37.0 Å². The second-order valence-electron chi connectivity index (χ2n) is 6.09. The first-order valence-corrected chi connectivity index (χ1v) is 8.19. The standard InChI is InChI=1S/C18H27NO3.ClH/c1-15-4-3-9-19(14-15)10-11-21-12-13-22-18-7-5-17(6-8-18)16(2)20;/h5-8,15H,3-4,9-14H2,1-2H3;1H. The molecule has 1 unspecified atom stereocenters. The zero-order valence-corrected chi connectivity index (χ0v) is 14.9. The van der Waals surface area contributed by atoms with Crippen molar-refractivity contribution in [2.24, 2.45) is 5.92 Å². The second kappa shape index (κ2) is 10.6. The van der Waals surface area contributed by atoms with Gasteiger partial charge in [-0.1, -0.05) is 6.92 Å². The average molecular weight is 342 g/mol. The molecule has 0 amide bonds. The molecule has 1 fully saturated rings. The summed E-state index contributed by atoms with van der Waals surface area (Å²) in [6, 6.07) is 7.23. The van der Waals surface area contributed by atoms with E-state index in [0.29, 0.717) is 18.8 Å². The second-order valence-corrected chi connectivity index (χ2v) is 6.09. The lowest BCUT2D eigenvalue weighted by molar-refractivity contribution is 0.0688. The van der Waals surface area contributed by atoms with E-state index in [1.807, 2.05) is 12.1 Å². The third kappa shape index (κ3) is 7.34. The fourth-order valence-electron chi connectivity index (χ4n) is 2.79. The molecule has 1 aromatic rings. The molecule has 5 heteroatoms. The van der Waals surface area contributed by atoms with Gasteiger partial charge in [-0.25, -0.2) is 0 Å². The summed E-state index contributed by atoms with van der Waals surface area (Å²) >= 11 is 0. The van der Waals surface area contributed by atoms with Crippen LogP contribution in [0, 0.1) is 5.92 Å². The molecule has 2 rings (SSSR count). The summed E-state index contributed by atoms with van der Waals surface area (Å²) in [6.07, 6.45) is 2.66. The Morgan fingerprint density at radius 3 is 2.61 bits per heavy atom. The van der Waals surface area contributed by atoms with Crippen LogP contribution >= 0.6 is 12.4 Å². The highest BCUT2D eigenvalue weighted by atomic mass is 35.5. The molecule has 0 spiro atoms. The zero-order valence-electron chi connectivity index (χ0n) is 14.1. The number of likely N-dealkylation sites (tertiary alicyclic amines) is 1. The van der Waals surface area contributed by atoms with Gasteiger partial charge in [0.1, 0.15) is 12.4 Å². The van der Waals surface area contributed by atoms with Crippen LogP contribution < -0.4 is 4.74 Å². The highest BCUT2D eigenvalue weighted by molar-refractivity contribution is 5.94. The molecular formula is C18H28ClNO3. The first-order chi connectivity index (χ1) is 10.6. The van der Waals surface area contributed by atoms with Crippen LogP contribution in [0.4, 0.5) is 0 Å². The molecule has 1 saturated heterocycles. The SMILES string of the molecule is CC(=O)c1ccc(OCCOCCN2CCCC(C)C2)cc1.Cl. The van der Waals surface area contributed by atoms with Gasteiger partial charge < -0.3 is 14.4 Å². The minimum absolute atomic E-state index is 0. The Morgan fingerprint density at radius 1 is 1.22 bits per heavy atom. The number of rotatable bonds is 8. The van der Waals surface area contributed by atoms with Crippen molar-refractivity contribution < 1.29 is 14.3 Å². The van der Waals surface area contributed by atoms with Crippen LogP contribution in [-0.4, -0.2) is 50.1 Å². The molecule has 1 heterocycles. The van der Waals surface area contributed by atoms with Crippen molar-refractivity contribution in [3.8, 4) is 5.75 Å². The Balaban J connectivity index is 0.00000264. The number of piperidine rings is 1. The molecule has 130 valence electrons. The normalized spacial score (nSPS) is 18.3. The van der Waals surface area contributed by atoms with Gasteiger partial charge in [-0.15, -0.1) is 12.4 Å². The molecule has 0 aliphatic carbocycles. The summed E-state index contributed by atoms with van der Waals surface area (Å²) in [5.41, 5.74) is 0.708. The molecule has 4 nitrogen and oxygen atoms in total. The summed E-state index contributed by atoms with van der Waals surface area (Å²) in [5, 5.41) is 0. The van der Waals surface area contributed by atoms with E-state index in [9.17, 15) is 4.79 Å². The van der Waals surface area contributed by atoms with Gasteiger partial charge in [-0.2, -0.15) is 0 Å². The van der Waals surface area contributed by atoms with Crippen molar-refractivity contribution in [2.45, 2.75) is 26.7 Å². The van der Waals surface area contributed by atoms with Gasteiger partial charge in [0, 0.05) is 18.7 Å². The van der Waals surface area contributed by atoms with E-state index in [2.05, 4.69) is 11.8 Å². The first-order valence-electron chi connectivity index (χ1n) is 8.19. The number of halogens is 1. The number of carbonyl (C=O) groups is 1. The van der Waals surface area contributed by atoms with E-state index in [1.165, 1.54) is 25.9 Å². The Hall–Kier alpha value is -1.10. The maximum atomic E-state index is 11.2. The minimum Gasteiger partial charge on any atom is -0.491 e. The number of nitrogens with zero attached hydrogens (tertiary/aromatic N) is 1. The lowest BCUT2D eigenvalue weighted by Crippen LogP contribution is -2.36. The van der Waals surface area contributed by atoms with E-state index in [1.54, 1.807) is 19.1 Å². The monoisotopic (exact) mass is 341 g/mol. The van der Waals surface area contributed by atoms with Gasteiger partial charge in [0.25, 0.3) is 0 Å². The minimum atomic E-state index is 0. The summed E-state index contributed by atoms with van der Waals surface area (Å²) in [5.74, 6) is 1.66. The van der Waals surface area contributed by atoms with E-state index in [-0.39, 0.29) is 18.2 Å². The van der Waals surface area contributed by atoms with Gasteiger partial charge in [0.2, 0.25) is 0 Å². The molecular weight excluding hydrogens is 314 g/mol. The Bertz CT molecular complexity index is 464. The van der Waals surface area contributed by atoms with Crippen molar-refractivity contribution in [3.63, 3.8) is 0 Å². The number of ketones is 1. The maximum Gasteiger partial charge on any atom is 0.159 e. The number of hydrogen-bond acceptors (Lipinski definition) is 4. The highest BCUT2D eigenvalue weighted by Gasteiger charge is 2.15. The Kier molecular flexibility index (Phi) is 9.22. The molecule has 1 atom stereocenters. The molecule has 1 aromatic carbocycles. The van der Waals surface area contributed by atoms with E-state index in [0.717, 1.165) is 24.8 Å². The molecule has 0 N–H and O–H groups in total. The molecule has 0 aromatic heterocycles. The van der Waals surface area contributed by atoms with Crippen LogP contribution in [0.2, 0.25) is 0 Å². The van der Waals surface area contributed by atoms with Crippen LogP contribution in [0.3, 0.4) is 0 Å². The molecule has 0 radical (unpaired) electrons. The van der Waals surface area contributed by atoms with Crippen molar-refractivity contribution in [2.75, 3.05) is 39.5 Å². The predicted molar refractivity (Wildman–Crippen MR) is 94.8 cm³/mol. The van der Waals surface area contributed by atoms with Crippen LogP contribution in [0.15, 0.2) is 24.3 Å². The van der Waals surface area contributed by atoms with Crippen molar-refractivity contribution in [1.29, 1.82) is 0 Å². The van der Waals surface area contributed by atoms with Gasteiger partial charge in [-0.05, 0) is 56.5 Å². The van der Waals surface area contributed by atoms with Gasteiger partial charge in [-0.3, -0.25) is 4.79 Å². The van der Waals surface area contributed by atoms with E-state index >= 15 is 0 Å². The fourth-order valence-corrected chi connectivity index (χ4v) is 2.79. The number of Topliss-reactive ketones (excluding diaryl/α,β-unsaturated/α-hetero) is 1. The number of benzene rings is 1. The third-order valence-electron chi connectivity index (χ3n) is 4.05. The topological polar surface area (TPSA) is 38.8 Å². The highest BCUT2D eigenvalue weighted by Crippen LogP contribution is 2.15. The first kappa shape index (κ1) is 19.9. The molecule has 1 aliphatic heterocycles. The van der Waals surface area contributed by atoms with Crippen molar-refractivity contribution in [3.05, 3.63) is 29.8 Å². The van der Waals surface area contributed by atoms with Crippen LogP contribution in [-0.2, 0) is 4.74 Å². The molecule has 1 aliphatic rings. The molecule has 23 heavy (non-hydrogen) atoms. The van der Waals surface area contributed by atoms with E-state index in [4.69, 9.17) is 9.47 Å². The lowest BCUT2D eigenvalue weighted by atomic mass is 10.0. The molecule has 0 bridgehead atoms. The predicted octanol–water partition coefficient (Wildman–Crippen LogP) is 3.44. The lowest BCUT2D eigenvalue weighted by Gasteiger charge is -2.30. The van der Waals surface area contributed by atoms with Crippen LogP contribution in [0.5, 0.6) is 5.75 Å². The van der Waals surface area contributed by atoms with Gasteiger partial charge >= 0.3 is 0 Å². The number of ether oxygens (including phenoxy) is 2. The fraction of sp³-hybridized carbons (Fsp3) is 0.611. The quantitative estimate of drug-likeness (QED) is 0.536. The Morgan fingerprint density at radius 2 is 1.96 bits per heavy atom. The summed E-state index contributed by atoms with van der Waals surface area (Å²) in [6.45, 7) is 9.19. The van der Waals surface area contributed by atoms with Gasteiger partial charge in [0.05, 0.1) is 13.2 Å². The smallest absolute Gasteiger partial charge is 0.159 e. The summed E-state index contributed by atoms with van der Waals surface area (Å²) in [7, 11) is 0. The summed E-state index contributed by atoms with van der Waals surface area (Å²) < 4.78 is 11.2. The largest absolute Gasteiger partial charge is 0.491 e. The van der Waals surface area contributed by atoms with Crippen LogP contribution in [0.25, 0.3) is 0 Å². The van der Waals surface area contributed by atoms with Gasteiger partial charge in [0.15, 0.2) is 5.78 Å². The average Bonchev–Trinajstić information content (AvgIpc) is 2.51. The van der Waals surface area contributed by atoms with Crippen molar-refractivity contribution in [1.82, 2.24) is 4.90 Å². The maximum absolute atomic E-state index is 11.2. The number of hydrogen-bond donors (Lipinski definition) is 0. The summed E-state index contributed by atoms with van der Waals surface area (Å²) in [4.78, 5) is 13.7. The zero-order chi connectivity index (χ0) is 15.8. The van der Waals surface area contributed by atoms with Crippen molar-refractivity contribution >= 4 is 18.2 Å². The Labute approximate surface area is 145 Å². The van der Waals surface area contributed by atoms with E-state index < -0.39 is 0 Å².